The maximum absolute atomic E-state index is 13.6. The third-order valence-electron chi connectivity index (χ3n) is 6.40. The van der Waals surface area contributed by atoms with Crippen LogP contribution in [0.2, 0.25) is 10.0 Å². The summed E-state index contributed by atoms with van der Waals surface area (Å²) in [6, 6.07) is 11.1. The van der Waals surface area contributed by atoms with Gasteiger partial charge in [-0.3, -0.25) is 4.99 Å². The van der Waals surface area contributed by atoms with Gasteiger partial charge in [-0.15, -0.1) is 0 Å². The SMILES string of the molecule is N=CC1C(=NCS(=O)(=O)c2ccc(Cl)cc2)CC2CCCCC1N2S(=O)(=O)c1ccc(Cl)cc1. The first-order chi connectivity index (χ1) is 16.1. The molecule has 3 unspecified atom stereocenters. The molecule has 0 saturated carbocycles. The van der Waals surface area contributed by atoms with E-state index in [2.05, 4.69) is 4.99 Å². The molecule has 1 N–H and O–H groups in total. The van der Waals surface area contributed by atoms with Gasteiger partial charge in [0.15, 0.2) is 9.84 Å². The molecule has 0 aliphatic carbocycles. The van der Waals surface area contributed by atoms with E-state index in [0.29, 0.717) is 35.0 Å². The molecule has 2 aromatic carbocycles. The predicted octanol–water partition coefficient (Wildman–Crippen LogP) is 4.84. The van der Waals surface area contributed by atoms with Crippen LogP contribution in [0.15, 0.2) is 63.3 Å². The third kappa shape index (κ3) is 5.09. The number of nitrogens with zero attached hydrogens (tertiary/aromatic N) is 2. The zero-order valence-corrected chi connectivity index (χ0v) is 21.4. The molecular formula is C23H25Cl2N3O4S2. The maximum atomic E-state index is 13.6. The van der Waals surface area contributed by atoms with Crippen molar-refractivity contribution in [3.63, 3.8) is 0 Å². The number of halogens is 2. The first-order valence-corrected chi connectivity index (χ1v) is 14.8. The molecule has 2 bridgehead atoms. The van der Waals surface area contributed by atoms with Crippen molar-refractivity contribution in [2.24, 2.45) is 10.9 Å². The minimum Gasteiger partial charge on any atom is -0.312 e. The molecule has 0 aromatic heterocycles. The molecule has 3 atom stereocenters. The van der Waals surface area contributed by atoms with Crippen molar-refractivity contribution in [2.75, 3.05) is 5.88 Å². The average Bonchev–Trinajstić information content (AvgIpc) is 2.97. The highest BCUT2D eigenvalue weighted by Crippen LogP contribution is 2.38. The quantitative estimate of drug-likeness (QED) is 0.527. The number of hydrogen-bond donors (Lipinski definition) is 1. The Kier molecular flexibility index (Phi) is 7.50. The van der Waals surface area contributed by atoms with Crippen molar-refractivity contribution < 1.29 is 16.8 Å². The number of benzene rings is 2. The Morgan fingerprint density at radius 1 is 0.912 bits per heavy atom. The van der Waals surface area contributed by atoms with Gasteiger partial charge in [-0.2, -0.15) is 4.31 Å². The second kappa shape index (κ2) is 10.1. The van der Waals surface area contributed by atoms with E-state index in [-0.39, 0.29) is 15.8 Å². The van der Waals surface area contributed by atoms with Gasteiger partial charge in [0.25, 0.3) is 0 Å². The fourth-order valence-electron chi connectivity index (χ4n) is 4.75. The highest BCUT2D eigenvalue weighted by atomic mass is 35.5. The van der Waals surface area contributed by atoms with Gasteiger partial charge in [-0.1, -0.05) is 36.0 Å². The Bertz CT molecular complexity index is 1290. The number of fused-ring (bicyclic) bond motifs is 2. The van der Waals surface area contributed by atoms with Crippen LogP contribution in [0.4, 0.5) is 0 Å². The second-order valence-electron chi connectivity index (χ2n) is 8.54. The van der Waals surface area contributed by atoms with Crippen LogP contribution in [0.3, 0.4) is 0 Å². The fourth-order valence-corrected chi connectivity index (χ4v) is 7.93. The van der Waals surface area contributed by atoms with Crippen molar-refractivity contribution in [2.45, 2.75) is 54.0 Å². The lowest BCUT2D eigenvalue weighted by Gasteiger charge is -2.43. The smallest absolute Gasteiger partial charge is 0.243 e. The van der Waals surface area contributed by atoms with E-state index in [1.165, 1.54) is 46.9 Å². The van der Waals surface area contributed by atoms with Crippen molar-refractivity contribution in [3.05, 3.63) is 58.6 Å². The summed E-state index contributed by atoms with van der Waals surface area (Å²) in [5.41, 5.74) is 0.562. The van der Waals surface area contributed by atoms with Crippen LogP contribution >= 0.6 is 23.2 Å². The molecule has 7 nitrogen and oxygen atoms in total. The van der Waals surface area contributed by atoms with E-state index in [4.69, 9.17) is 28.6 Å². The molecule has 2 saturated heterocycles. The lowest BCUT2D eigenvalue weighted by Crippen LogP contribution is -2.56. The molecule has 0 spiro atoms. The molecule has 4 rings (SSSR count). The third-order valence-corrected chi connectivity index (χ3v) is 10.4. The van der Waals surface area contributed by atoms with Gasteiger partial charge >= 0.3 is 0 Å². The van der Waals surface area contributed by atoms with Gasteiger partial charge in [0.2, 0.25) is 10.0 Å². The molecule has 2 heterocycles. The zero-order chi connectivity index (χ0) is 24.5. The van der Waals surface area contributed by atoms with Crippen LogP contribution in [0, 0.1) is 11.3 Å². The Morgan fingerprint density at radius 2 is 1.47 bits per heavy atom. The summed E-state index contributed by atoms with van der Waals surface area (Å²) < 4.78 is 54.4. The molecule has 2 aliphatic rings. The zero-order valence-electron chi connectivity index (χ0n) is 18.3. The van der Waals surface area contributed by atoms with E-state index < -0.39 is 37.7 Å². The summed E-state index contributed by atoms with van der Waals surface area (Å²) in [4.78, 5) is 4.71. The highest BCUT2D eigenvalue weighted by molar-refractivity contribution is 7.91. The summed E-state index contributed by atoms with van der Waals surface area (Å²) in [6.07, 6.45) is 4.40. The number of sulfone groups is 1. The van der Waals surface area contributed by atoms with Gasteiger partial charge in [-0.05, 0) is 61.4 Å². The number of rotatable bonds is 6. The van der Waals surface area contributed by atoms with Crippen molar-refractivity contribution in [1.82, 2.24) is 4.31 Å². The number of sulfonamides is 1. The normalized spacial score (nSPS) is 25.1. The maximum Gasteiger partial charge on any atom is 0.243 e. The van der Waals surface area contributed by atoms with Crippen LogP contribution < -0.4 is 0 Å². The van der Waals surface area contributed by atoms with Crippen LogP contribution in [-0.4, -0.2) is 51.0 Å². The summed E-state index contributed by atoms with van der Waals surface area (Å²) in [6.45, 7) is 0. The molecule has 0 radical (unpaired) electrons. The van der Waals surface area contributed by atoms with Gasteiger partial charge in [0.1, 0.15) is 5.88 Å². The van der Waals surface area contributed by atoms with Crippen molar-refractivity contribution >= 4 is 55.0 Å². The molecule has 2 aromatic rings. The molecule has 34 heavy (non-hydrogen) atoms. The Balaban J connectivity index is 1.67. The van der Waals surface area contributed by atoms with E-state index in [9.17, 15) is 16.8 Å². The van der Waals surface area contributed by atoms with Crippen LogP contribution in [-0.2, 0) is 19.9 Å². The van der Waals surface area contributed by atoms with Gasteiger partial charge in [0.05, 0.1) is 9.79 Å². The number of nitrogens with one attached hydrogen (secondary N) is 1. The van der Waals surface area contributed by atoms with Crippen LogP contribution in [0.1, 0.15) is 32.1 Å². The number of hydrogen-bond acceptors (Lipinski definition) is 6. The van der Waals surface area contributed by atoms with E-state index in [1.54, 1.807) is 12.1 Å². The lowest BCUT2D eigenvalue weighted by atomic mass is 9.85. The second-order valence-corrected chi connectivity index (χ2v) is 13.2. The van der Waals surface area contributed by atoms with Gasteiger partial charge in [-0.25, -0.2) is 16.8 Å². The minimum atomic E-state index is -3.83. The van der Waals surface area contributed by atoms with E-state index in [1.807, 2.05) is 0 Å². The topological polar surface area (TPSA) is 108 Å². The number of aliphatic imine (C=N–C) groups is 1. The van der Waals surface area contributed by atoms with Gasteiger partial charge in [0, 0.05) is 46.4 Å². The summed E-state index contributed by atoms with van der Waals surface area (Å²) in [7, 11) is -7.53. The molecule has 182 valence electrons. The Labute approximate surface area is 210 Å². The first kappa shape index (κ1) is 25.3. The monoisotopic (exact) mass is 541 g/mol. The summed E-state index contributed by atoms with van der Waals surface area (Å²) in [5.74, 6) is -1.05. The summed E-state index contributed by atoms with van der Waals surface area (Å²) >= 11 is 11.8. The van der Waals surface area contributed by atoms with Gasteiger partial charge < -0.3 is 5.41 Å². The van der Waals surface area contributed by atoms with E-state index >= 15 is 0 Å². The minimum absolute atomic E-state index is 0.118. The Morgan fingerprint density at radius 3 is 2.06 bits per heavy atom. The molecule has 11 heteroatoms. The van der Waals surface area contributed by atoms with Crippen molar-refractivity contribution in [3.8, 4) is 0 Å². The lowest BCUT2D eigenvalue weighted by molar-refractivity contribution is 0.220. The summed E-state index contributed by atoms with van der Waals surface area (Å²) in [5, 5.41) is 8.95. The molecule has 0 amide bonds. The average molecular weight is 543 g/mol. The molecule has 2 fully saturated rings. The standard InChI is InChI=1S/C23H25Cl2N3O4S2/c24-16-5-9-19(10-6-16)33(29,30)15-27-22-13-18-3-1-2-4-23(21(22)14-26)28(18)34(31,32)20-11-7-17(25)8-12-20/h5-12,14,18,21,23,26H,1-4,13,15H2. The highest BCUT2D eigenvalue weighted by Gasteiger charge is 2.47. The molecular weight excluding hydrogens is 517 g/mol. The first-order valence-electron chi connectivity index (χ1n) is 10.9. The largest absolute Gasteiger partial charge is 0.312 e. The molecule has 2 aliphatic heterocycles. The fraction of sp³-hybridized carbons (Fsp3) is 0.391. The van der Waals surface area contributed by atoms with Crippen LogP contribution in [0.25, 0.3) is 0 Å². The van der Waals surface area contributed by atoms with E-state index in [0.717, 1.165) is 12.8 Å². The predicted molar refractivity (Wildman–Crippen MR) is 134 cm³/mol. The van der Waals surface area contributed by atoms with Crippen molar-refractivity contribution in [1.29, 1.82) is 5.41 Å². The Hall–Kier alpha value is -1.78. The number of piperidine rings is 1. The van der Waals surface area contributed by atoms with Crippen LogP contribution in [0.5, 0.6) is 0 Å².